The molecule has 3 aromatic carbocycles. The Bertz CT molecular complexity index is 1060. The predicted molar refractivity (Wildman–Crippen MR) is 110 cm³/mol. The van der Waals surface area contributed by atoms with Crippen LogP contribution in [0.3, 0.4) is 0 Å². The molecule has 0 unspecified atom stereocenters. The zero-order chi connectivity index (χ0) is 19.2. The third-order valence-corrected chi connectivity index (χ3v) is 4.91. The van der Waals surface area contributed by atoms with Crippen molar-refractivity contribution in [3.63, 3.8) is 0 Å². The molecule has 0 saturated carbocycles. The van der Waals surface area contributed by atoms with Gasteiger partial charge in [0.1, 0.15) is 23.1 Å². The van der Waals surface area contributed by atoms with Gasteiger partial charge in [-0.2, -0.15) is 0 Å². The maximum Gasteiger partial charge on any atom is 0.338 e. The number of rotatable bonds is 6. The zero-order valence-electron chi connectivity index (χ0n) is 14.9. The number of esters is 1. The molecule has 4 aromatic rings. The molecule has 0 saturated heterocycles. The molecule has 0 radical (unpaired) electrons. The fourth-order valence-corrected chi connectivity index (χ4v) is 3.43. The van der Waals surface area contributed by atoms with E-state index in [4.69, 9.17) is 9.47 Å². The van der Waals surface area contributed by atoms with Gasteiger partial charge in [-0.1, -0.05) is 54.6 Å². The zero-order valence-corrected chi connectivity index (χ0v) is 15.8. The summed E-state index contributed by atoms with van der Waals surface area (Å²) in [5.74, 6) is 0.886. The molecule has 4 nitrogen and oxygen atoms in total. The summed E-state index contributed by atoms with van der Waals surface area (Å²) in [4.78, 5) is 16.9. The Morgan fingerprint density at radius 1 is 0.857 bits per heavy atom. The van der Waals surface area contributed by atoms with Crippen LogP contribution in [-0.4, -0.2) is 11.0 Å². The molecular formula is C23H17NO3S. The average Bonchev–Trinajstić information content (AvgIpc) is 3.23. The van der Waals surface area contributed by atoms with Crippen LogP contribution in [-0.2, 0) is 11.3 Å². The topological polar surface area (TPSA) is 48.4 Å². The number of para-hydroxylation sites is 1. The van der Waals surface area contributed by atoms with Crippen LogP contribution >= 0.6 is 11.3 Å². The maximum absolute atomic E-state index is 12.4. The highest BCUT2D eigenvalue weighted by Crippen LogP contribution is 2.24. The molecule has 1 heterocycles. The molecule has 0 spiro atoms. The van der Waals surface area contributed by atoms with Gasteiger partial charge in [0, 0.05) is 10.9 Å². The van der Waals surface area contributed by atoms with Crippen molar-refractivity contribution in [3.05, 3.63) is 102 Å². The van der Waals surface area contributed by atoms with E-state index in [-0.39, 0.29) is 6.61 Å². The fourth-order valence-electron chi connectivity index (χ4n) is 2.62. The summed E-state index contributed by atoms with van der Waals surface area (Å²) in [7, 11) is 0. The fraction of sp³-hybridized carbons (Fsp3) is 0.0435. The van der Waals surface area contributed by atoms with Gasteiger partial charge < -0.3 is 9.47 Å². The third-order valence-electron chi connectivity index (χ3n) is 3.97. The Hall–Kier alpha value is -3.44. The van der Waals surface area contributed by atoms with Gasteiger partial charge in [0.2, 0.25) is 0 Å². The highest BCUT2D eigenvalue weighted by molar-refractivity contribution is 7.13. The standard InChI is InChI=1S/C23H17NO3S/c25-23(18-10-7-13-21(14-18)27-20-11-5-2-6-12-20)26-15-19-16-28-22(24-19)17-8-3-1-4-9-17/h1-14,16H,15H2. The monoisotopic (exact) mass is 387 g/mol. The van der Waals surface area contributed by atoms with E-state index < -0.39 is 5.97 Å². The van der Waals surface area contributed by atoms with Crippen LogP contribution in [0.15, 0.2) is 90.3 Å². The van der Waals surface area contributed by atoms with Gasteiger partial charge in [-0.25, -0.2) is 9.78 Å². The summed E-state index contributed by atoms with van der Waals surface area (Å²) in [5, 5.41) is 2.81. The van der Waals surface area contributed by atoms with Crippen molar-refractivity contribution in [2.24, 2.45) is 0 Å². The third kappa shape index (κ3) is 4.45. The second kappa shape index (κ2) is 8.50. The van der Waals surface area contributed by atoms with Crippen LogP contribution in [0.4, 0.5) is 0 Å². The summed E-state index contributed by atoms with van der Waals surface area (Å²) < 4.78 is 11.2. The van der Waals surface area contributed by atoms with Gasteiger partial charge in [0.05, 0.1) is 11.3 Å². The molecule has 138 valence electrons. The van der Waals surface area contributed by atoms with Crippen molar-refractivity contribution in [1.29, 1.82) is 0 Å². The van der Waals surface area contributed by atoms with Gasteiger partial charge in [-0.3, -0.25) is 0 Å². The first-order chi connectivity index (χ1) is 13.8. The van der Waals surface area contributed by atoms with E-state index in [1.807, 2.05) is 66.0 Å². The van der Waals surface area contributed by atoms with Gasteiger partial charge in [-0.05, 0) is 30.3 Å². The quantitative estimate of drug-likeness (QED) is 0.383. The Morgan fingerprint density at radius 2 is 1.57 bits per heavy atom. The van der Waals surface area contributed by atoms with Crippen molar-refractivity contribution >= 4 is 17.3 Å². The number of carbonyl (C=O) groups excluding carboxylic acids is 1. The van der Waals surface area contributed by atoms with Crippen molar-refractivity contribution in [3.8, 4) is 22.1 Å². The molecule has 0 aliphatic rings. The van der Waals surface area contributed by atoms with Crippen molar-refractivity contribution in [2.75, 3.05) is 0 Å². The highest BCUT2D eigenvalue weighted by atomic mass is 32.1. The lowest BCUT2D eigenvalue weighted by atomic mass is 10.2. The van der Waals surface area contributed by atoms with E-state index in [0.29, 0.717) is 17.1 Å². The molecule has 5 heteroatoms. The largest absolute Gasteiger partial charge is 0.457 e. The lowest BCUT2D eigenvalue weighted by molar-refractivity contribution is 0.0468. The lowest BCUT2D eigenvalue weighted by Crippen LogP contribution is -2.05. The number of carbonyl (C=O) groups is 1. The van der Waals surface area contributed by atoms with E-state index in [1.165, 1.54) is 11.3 Å². The first kappa shape index (κ1) is 17.9. The number of thiazole rings is 1. The molecular weight excluding hydrogens is 370 g/mol. The van der Waals surface area contributed by atoms with E-state index >= 15 is 0 Å². The van der Waals surface area contributed by atoms with Crippen LogP contribution in [0.25, 0.3) is 10.6 Å². The van der Waals surface area contributed by atoms with Gasteiger partial charge >= 0.3 is 5.97 Å². The predicted octanol–water partition coefficient (Wildman–Crippen LogP) is 5.96. The van der Waals surface area contributed by atoms with E-state index in [2.05, 4.69) is 4.98 Å². The summed E-state index contributed by atoms with van der Waals surface area (Å²) >= 11 is 1.53. The SMILES string of the molecule is O=C(OCc1csc(-c2ccccc2)n1)c1cccc(Oc2ccccc2)c1. The van der Waals surface area contributed by atoms with Crippen LogP contribution in [0.5, 0.6) is 11.5 Å². The Labute approximate surface area is 167 Å². The van der Waals surface area contributed by atoms with Crippen molar-refractivity contribution in [2.45, 2.75) is 6.61 Å². The molecule has 4 rings (SSSR count). The minimum absolute atomic E-state index is 0.131. The number of aromatic nitrogens is 1. The highest BCUT2D eigenvalue weighted by Gasteiger charge is 2.11. The maximum atomic E-state index is 12.4. The number of hydrogen-bond acceptors (Lipinski definition) is 5. The van der Waals surface area contributed by atoms with E-state index in [9.17, 15) is 4.79 Å². The van der Waals surface area contributed by atoms with E-state index in [1.54, 1.807) is 24.3 Å². The first-order valence-electron chi connectivity index (χ1n) is 8.78. The Balaban J connectivity index is 1.39. The molecule has 0 bridgehead atoms. The molecule has 0 aliphatic heterocycles. The van der Waals surface area contributed by atoms with Gasteiger partial charge in [0.25, 0.3) is 0 Å². The molecule has 0 atom stereocenters. The number of ether oxygens (including phenoxy) is 2. The number of benzene rings is 3. The first-order valence-corrected chi connectivity index (χ1v) is 9.66. The Kier molecular flexibility index (Phi) is 5.45. The normalized spacial score (nSPS) is 10.4. The number of hydrogen-bond donors (Lipinski definition) is 0. The van der Waals surface area contributed by atoms with Crippen LogP contribution < -0.4 is 4.74 Å². The second-order valence-electron chi connectivity index (χ2n) is 6.03. The molecule has 28 heavy (non-hydrogen) atoms. The summed E-state index contributed by atoms with van der Waals surface area (Å²) in [6.07, 6.45) is 0. The molecule has 0 amide bonds. The van der Waals surface area contributed by atoms with E-state index in [0.717, 1.165) is 16.3 Å². The Morgan fingerprint density at radius 3 is 2.36 bits per heavy atom. The van der Waals surface area contributed by atoms with Crippen molar-refractivity contribution in [1.82, 2.24) is 4.98 Å². The molecule has 0 aliphatic carbocycles. The minimum atomic E-state index is -0.409. The number of nitrogens with zero attached hydrogens (tertiary/aromatic N) is 1. The van der Waals surface area contributed by atoms with Crippen LogP contribution in [0, 0.1) is 0 Å². The average molecular weight is 387 g/mol. The second-order valence-corrected chi connectivity index (χ2v) is 6.89. The van der Waals surface area contributed by atoms with Crippen molar-refractivity contribution < 1.29 is 14.3 Å². The van der Waals surface area contributed by atoms with Gasteiger partial charge in [0.15, 0.2) is 0 Å². The summed E-state index contributed by atoms with van der Waals surface area (Å²) in [5.41, 5.74) is 2.22. The van der Waals surface area contributed by atoms with Gasteiger partial charge in [-0.15, -0.1) is 11.3 Å². The summed E-state index contributed by atoms with van der Waals surface area (Å²) in [6, 6.07) is 26.3. The molecule has 0 fully saturated rings. The molecule has 1 aromatic heterocycles. The smallest absolute Gasteiger partial charge is 0.338 e. The molecule has 0 N–H and O–H groups in total. The summed E-state index contributed by atoms with van der Waals surface area (Å²) in [6.45, 7) is 0.131. The minimum Gasteiger partial charge on any atom is -0.457 e. The lowest BCUT2D eigenvalue weighted by Gasteiger charge is -2.07. The van der Waals surface area contributed by atoms with Crippen LogP contribution in [0.2, 0.25) is 0 Å². The van der Waals surface area contributed by atoms with Crippen LogP contribution in [0.1, 0.15) is 16.1 Å².